The van der Waals surface area contributed by atoms with Crippen LogP contribution in [0.1, 0.15) is 55.0 Å². The van der Waals surface area contributed by atoms with Gasteiger partial charge in [0.2, 0.25) is 0 Å². The van der Waals surface area contributed by atoms with Crippen molar-refractivity contribution in [2.24, 2.45) is 0 Å². The quantitative estimate of drug-likeness (QED) is 0.492. The van der Waals surface area contributed by atoms with Crippen molar-refractivity contribution in [3.05, 3.63) is 99.8 Å². The molecule has 0 saturated carbocycles. The number of thiophene rings is 1. The van der Waals surface area contributed by atoms with Crippen molar-refractivity contribution < 1.29 is 5.11 Å². The fourth-order valence-electron chi connectivity index (χ4n) is 3.27. The van der Waals surface area contributed by atoms with Crippen molar-refractivity contribution in [2.75, 3.05) is 6.54 Å². The van der Waals surface area contributed by atoms with Crippen molar-refractivity contribution in [1.82, 2.24) is 5.32 Å². The van der Waals surface area contributed by atoms with Crippen molar-refractivity contribution in [1.29, 1.82) is 0 Å². The minimum absolute atomic E-state index is 0.0364. The van der Waals surface area contributed by atoms with E-state index in [2.05, 4.69) is 66.3 Å². The Labute approximate surface area is 172 Å². The van der Waals surface area contributed by atoms with Crippen LogP contribution in [0.25, 0.3) is 5.57 Å². The van der Waals surface area contributed by atoms with Crippen LogP contribution >= 0.6 is 11.3 Å². The summed E-state index contributed by atoms with van der Waals surface area (Å²) in [6.07, 6.45) is 1.70. The number of nitrogens with one attached hydrogen (secondary N) is 1. The number of rotatable bonds is 8. The first-order valence-corrected chi connectivity index (χ1v) is 10.8. The Morgan fingerprint density at radius 3 is 2.25 bits per heavy atom. The van der Waals surface area contributed by atoms with E-state index >= 15 is 0 Å². The van der Waals surface area contributed by atoms with Crippen LogP contribution in [-0.2, 0) is 0 Å². The van der Waals surface area contributed by atoms with Gasteiger partial charge >= 0.3 is 0 Å². The fourth-order valence-corrected chi connectivity index (χ4v) is 3.92. The van der Waals surface area contributed by atoms with E-state index in [0.29, 0.717) is 12.5 Å². The number of aliphatic hydroxyl groups is 1. The summed E-state index contributed by atoms with van der Waals surface area (Å²) in [6.45, 7) is 7.15. The third kappa shape index (κ3) is 5.20. The molecule has 2 atom stereocenters. The number of hydrogen-bond donors (Lipinski definition) is 2. The molecule has 3 aromatic rings. The molecule has 0 fully saturated rings. The highest BCUT2D eigenvalue weighted by Crippen LogP contribution is 2.27. The van der Waals surface area contributed by atoms with Crippen LogP contribution in [0.5, 0.6) is 0 Å². The Morgan fingerprint density at radius 2 is 1.64 bits per heavy atom. The van der Waals surface area contributed by atoms with Gasteiger partial charge in [0.15, 0.2) is 0 Å². The maximum Gasteiger partial charge on any atom is 0.0940 e. The molecule has 0 aliphatic rings. The molecule has 2 unspecified atom stereocenters. The van der Waals surface area contributed by atoms with E-state index in [-0.39, 0.29) is 6.04 Å². The molecule has 0 aliphatic heterocycles. The summed E-state index contributed by atoms with van der Waals surface area (Å²) in [7, 11) is 0. The summed E-state index contributed by atoms with van der Waals surface area (Å²) in [4.78, 5) is 0. The van der Waals surface area contributed by atoms with Gasteiger partial charge in [-0.15, -0.1) is 0 Å². The van der Waals surface area contributed by atoms with Gasteiger partial charge in [0.25, 0.3) is 0 Å². The molecule has 3 heteroatoms. The van der Waals surface area contributed by atoms with E-state index in [0.717, 1.165) is 5.56 Å². The molecule has 2 nitrogen and oxygen atoms in total. The standard InChI is InChI=1S/C25H29NOS/c1-18(2)20-9-11-21(12-10-20)24(23-14-16-28-17-23)13-15-26-19(3)25(27)22-7-5-4-6-8-22/h4-14,16-19,25-27H,15H2,1-3H3. The minimum Gasteiger partial charge on any atom is -0.387 e. The predicted octanol–water partition coefficient (Wildman–Crippen LogP) is 6.01. The summed E-state index contributed by atoms with van der Waals surface area (Å²) in [5.74, 6) is 0.532. The first-order chi connectivity index (χ1) is 13.6. The van der Waals surface area contributed by atoms with Crippen LogP contribution < -0.4 is 5.32 Å². The van der Waals surface area contributed by atoms with Crippen LogP contribution in [-0.4, -0.2) is 17.7 Å². The third-order valence-corrected chi connectivity index (χ3v) is 5.76. The lowest BCUT2D eigenvalue weighted by Crippen LogP contribution is -2.32. The molecule has 0 spiro atoms. The van der Waals surface area contributed by atoms with Crippen LogP contribution in [0.4, 0.5) is 0 Å². The molecular weight excluding hydrogens is 362 g/mol. The molecule has 2 N–H and O–H groups in total. The second-order valence-electron chi connectivity index (χ2n) is 7.46. The highest BCUT2D eigenvalue weighted by Gasteiger charge is 2.15. The van der Waals surface area contributed by atoms with Gasteiger partial charge in [-0.25, -0.2) is 0 Å². The van der Waals surface area contributed by atoms with Gasteiger partial charge in [-0.1, -0.05) is 74.5 Å². The lowest BCUT2D eigenvalue weighted by atomic mass is 9.96. The van der Waals surface area contributed by atoms with Gasteiger partial charge in [-0.2, -0.15) is 11.3 Å². The smallest absolute Gasteiger partial charge is 0.0940 e. The summed E-state index contributed by atoms with van der Waals surface area (Å²) in [6, 6.07) is 20.8. The topological polar surface area (TPSA) is 32.3 Å². The Kier molecular flexibility index (Phi) is 7.21. The van der Waals surface area contributed by atoms with E-state index in [4.69, 9.17) is 0 Å². The van der Waals surface area contributed by atoms with Crippen LogP contribution in [0, 0.1) is 0 Å². The first-order valence-electron chi connectivity index (χ1n) is 9.85. The molecule has 0 aliphatic carbocycles. The maximum absolute atomic E-state index is 10.6. The highest BCUT2D eigenvalue weighted by atomic mass is 32.1. The minimum atomic E-state index is -0.524. The van der Waals surface area contributed by atoms with E-state index in [1.807, 2.05) is 37.3 Å². The van der Waals surface area contributed by atoms with Gasteiger partial charge in [-0.05, 0) is 57.5 Å². The fraction of sp³-hybridized carbons (Fsp3) is 0.280. The van der Waals surface area contributed by atoms with Crippen molar-refractivity contribution in [3.8, 4) is 0 Å². The monoisotopic (exact) mass is 391 g/mol. The molecule has 3 rings (SSSR count). The lowest BCUT2D eigenvalue weighted by Gasteiger charge is -2.20. The molecule has 2 aromatic carbocycles. The SMILES string of the molecule is CC(C)c1ccc(C(=CCNC(C)C(O)c2ccccc2)c2ccsc2)cc1. The normalized spacial score (nSPS) is 14.2. The molecule has 1 heterocycles. The average molecular weight is 392 g/mol. The van der Waals surface area contributed by atoms with Crippen molar-refractivity contribution in [3.63, 3.8) is 0 Å². The largest absolute Gasteiger partial charge is 0.387 e. The van der Waals surface area contributed by atoms with Gasteiger partial charge in [-0.3, -0.25) is 0 Å². The lowest BCUT2D eigenvalue weighted by molar-refractivity contribution is 0.138. The summed E-state index contributed by atoms with van der Waals surface area (Å²) < 4.78 is 0. The zero-order valence-electron chi connectivity index (χ0n) is 16.8. The van der Waals surface area contributed by atoms with E-state index < -0.39 is 6.10 Å². The Bertz CT molecular complexity index is 867. The maximum atomic E-state index is 10.6. The molecule has 1 aromatic heterocycles. The van der Waals surface area contributed by atoms with E-state index in [9.17, 15) is 5.11 Å². The van der Waals surface area contributed by atoms with Crippen molar-refractivity contribution in [2.45, 2.75) is 38.8 Å². The van der Waals surface area contributed by atoms with Crippen molar-refractivity contribution >= 4 is 16.9 Å². The van der Waals surface area contributed by atoms with Crippen LogP contribution in [0.2, 0.25) is 0 Å². The number of hydrogen-bond acceptors (Lipinski definition) is 3. The van der Waals surface area contributed by atoms with E-state index in [1.54, 1.807) is 11.3 Å². The zero-order valence-corrected chi connectivity index (χ0v) is 17.6. The molecule has 0 bridgehead atoms. The van der Waals surface area contributed by atoms with Gasteiger partial charge < -0.3 is 10.4 Å². The van der Waals surface area contributed by atoms with Gasteiger partial charge in [0.05, 0.1) is 6.10 Å². The average Bonchev–Trinajstić information content (AvgIpc) is 3.25. The van der Waals surface area contributed by atoms with Gasteiger partial charge in [0.1, 0.15) is 0 Å². The molecule has 0 radical (unpaired) electrons. The molecular formula is C25H29NOS. The second-order valence-corrected chi connectivity index (χ2v) is 8.24. The van der Waals surface area contributed by atoms with Crippen LogP contribution in [0.15, 0.2) is 77.5 Å². The van der Waals surface area contributed by atoms with E-state index in [1.165, 1.54) is 22.3 Å². The van der Waals surface area contributed by atoms with Gasteiger partial charge in [0, 0.05) is 12.6 Å². The number of benzene rings is 2. The highest BCUT2D eigenvalue weighted by molar-refractivity contribution is 7.08. The third-order valence-electron chi connectivity index (χ3n) is 5.08. The molecule has 0 amide bonds. The first kappa shape index (κ1) is 20.5. The Morgan fingerprint density at radius 1 is 0.929 bits per heavy atom. The molecule has 28 heavy (non-hydrogen) atoms. The number of aliphatic hydroxyl groups excluding tert-OH is 1. The Hall–Kier alpha value is -2.20. The predicted molar refractivity (Wildman–Crippen MR) is 121 cm³/mol. The summed E-state index contributed by atoms with van der Waals surface area (Å²) >= 11 is 1.71. The van der Waals surface area contributed by atoms with Crippen LogP contribution in [0.3, 0.4) is 0 Å². The Balaban J connectivity index is 1.73. The molecule has 146 valence electrons. The summed E-state index contributed by atoms with van der Waals surface area (Å²) in [5.41, 5.74) is 5.98. The second kappa shape index (κ2) is 9.83. The zero-order chi connectivity index (χ0) is 19.9. The summed E-state index contributed by atoms with van der Waals surface area (Å²) in [5, 5.41) is 18.3. The molecule has 0 saturated heterocycles.